The van der Waals surface area contributed by atoms with Crippen molar-refractivity contribution in [2.45, 2.75) is 39.2 Å². The molecule has 0 radical (unpaired) electrons. The number of hydrogen-bond acceptors (Lipinski definition) is 3. The van der Waals surface area contributed by atoms with E-state index >= 15 is 0 Å². The number of aryl methyl sites for hydroxylation is 1. The molecule has 2 heterocycles. The molecule has 0 aliphatic heterocycles. The van der Waals surface area contributed by atoms with E-state index in [4.69, 9.17) is 5.73 Å². The summed E-state index contributed by atoms with van der Waals surface area (Å²) in [5.41, 5.74) is 9.06. The van der Waals surface area contributed by atoms with E-state index in [0.29, 0.717) is 12.0 Å². The van der Waals surface area contributed by atoms with Crippen LogP contribution in [0.1, 0.15) is 37.8 Å². The first kappa shape index (κ1) is 10.6. The van der Waals surface area contributed by atoms with Gasteiger partial charge in [-0.25, -0.2) is 9.97 Å². The lowest BCUT2D eigenvalue weighted by molar-refractivity contribution is 0.227. The highest BCUT2D eigenvalue weighted by molar-refractivity contribution is 5.77. The molecular formula is C13H18N4. The maximum atomic E-state index is 6.05. The molecule has 1 atom stereocenters. The third kappa shape index (κ3) is 1.51. The van der Waals surface area contributed by atoms with Crippen LogP contribution in [-0.2, 0) is 0 Å². The Morgan fingerprint density at radius 3 is 2.88 bits per heavy atom. The van der Waals surface area contributed by atoms with Crippen LogP contribution in [0.15, 0.2) is 12.3 Å². The average molecular weight is 230 g/mol. The highest BCUT2D eigenvalue weighted by Crippen LogP contribution is 2.38. The summed E-state index contributed by atoms with van der Waals surface area (Å²) in [6.45, 7) is 4.28. The summed E-state index contributed by atoms with van der Waals surface area (Å²) in [5, 5.41) is 0. The molecule has 0 saturated heterocycles. The molecule has 1 saturated carbocycles. The van der Waals surface area contributed by atoms with E-state index in [-0.39, 0.29) is 0 Å². The molecule has 90 valence electrons. The fourth-order valence-electron chi connectivity index (χ4n) is 2.66. The Morgan fingerprint density at radius 2 is 2.24 bits per heavy atom. The number of aromatic nitrogens is 3. The van der Waals surface area contributed by atoms with Crippen LogP contribution in [0.4, 0.5) is 5.95 Å². The number of pyridine rings is 1. The monoisotopic (exact) mass is 230 g/mol. The summed E-state index contributed by atoms with van der Waals surface area (Å²) in [6, 6.07) is 2.38. The minimum Gasteiger partial charge on any atom is -0.369 e. The summed E-state index contributed by atoms with van der Waals surface area (Å²) in [4.78, 5) is 8.90. The van der Waals surface area contributed by atoms with Gasteiger partial charge in [0.1, 0.15) is 5.52 Å². The van der Waals surface area contributed by atoms with Crippen molar-refractivity contribution in [2.24, 2.45) is 5.92 Å². The Kier molecular flexibility index (Phi) is 2.31. The molecule has 0 bridgehead atoms. The smallest absolute Gasteiger partial charge is 0.202 e. The van der Waals surface area contributed by atoms with Gasteiger partial charge >= 0.3 is 0 Å². The minimum absolute atomic E-state index is 0.406. The number of anilines is 1. The highest BCUT2D eigenvalue weighted by atomic mass is 15.2. The number of fused-ring (bicyclic) bond motifs is 1. The second-order valence-corrected chi connectivity index (χ2v) is 5.07. The number of nitrogens with two attached hydrogens (primary N) is 1. The lowest BCUT2D eigenvalue weighted by Gasteiger charge is -2.32. The van der Waals surface area contributed by atoms with Crippen LogP contribution in [-0.4, -0.2) is 14.5 Å². The van der Waals surface area contributed by atoms with Crippen LogP contribution in [0.3, 0.4) is 0 Å². The summed E-state index contributed by atoms with van der Waals surface area (Å²) in [5.74, 6) is 1.33. The zero-order valence-electron chi connectivity index (χ0n) is 10.3. The Morgan fingerprint density at radius 1 is 1.47 bits per heavy atom. The van der Waals surface area contributed by atoms with Crippen LogP contribution in [0.5, 0.6) is 0 Å². The van der Waals surface area contributed by atoms with E-state index < -0.39 is 0 Å². The molecule has 2 aromatic heterocycles. The standard InChI is InChI=1S/C13H18N4/c1-8-6-7-15-12-11(8)16-13(14)17(12)9(2)10-4-3-5-10/h6-7,9-10H,3-5H2,1-2H3,(H2,14,16). The van der Waals surface area contributed by atoms with E-state index in [1.54, 1.807) is 0 Å². The third-order valence-corrected chi connectivity index (χ3v) is 4.05. The molecular weight excluding hydrogens is 212 g/mol. The molecule has 0 spiro atoms. The predicted octanol–water partition coefficient (Wildman–Crippen LogP) is 2.68. The Balaban J connectivity index is 2.14. The van der Waals surface area contributed by atoms with Crippen molar-refractivity contribution >= 4 is 17.1 Å². The minimum atomic E-state index is 0.406. The molecule has 3 rings (SSSR count). The van der Waals surface area contributed by atoms with Gasteiger partial charge in [-0.1, -0.05) is 6.42 Å². The Labute approximate surface area is 101 Å². The second-order valence-electron chi connectivity index (χ2n) is 5.07. The van der Waals surface area contributed by atoms with E-state index in [2.05, 4.69) is 28.4 Å². The molecule has 17 heavy (non-hydrogen) atoms. The third-order valence-electron chi connectivity index (χ3n) is 4.05. The molecule has 4 heteroatoms. The van der Waals surface area contributed by atoms with E-state index in [9.17, 15) is 0 Å². The summed E-state index contributed by atoms with van der Waals surface area (Å²) >= 11 is 0. The van der Waals surface area contributed by atoms with Crippen molar-refractivity contribution in [3.63, 3.8) is 0 Å². The normalized spacial score (nSPS) is 18.2. The largest absolute Gasteiger partial charge is 0.369 e. The molecule has 1 aliphatic carbocycles. The molecule has 1 aliphatic rings. The molecule has 1 fully saturated rings. The fourth-order valence-corrected chi connectivity index (χ4v) is 2.66. The van der Waals surface area contributed by atoms with Crippen molar-refractivity contribution in [3.05, 3.63) is 17.8 Å². The number of nitrogens with zero attached hydrogens (tertiary/aromatic N) is 3. The SMILES string of the molecule is Cc1ccnc2c1nc(N)n2C(C)C1CCC1. The summed E-state index contributed by atoms with van der Waals surface area (Å²) < 4.78 is 2.10. The van der Waals surface area contributed by atoms with Gasteiger partial charge in [0, 0.05) is 12.2 Å². The van der Waals surface area contributed by atoms with Gasteiger partial charge in [-0.15, -0.1) is 0 Å². The second kappa shape index (κ2) is 3.72. The fraction of sp³-hybridized carbons (Fsp3) is 0.538. The Hall–Kier alpha value is -1.58. The van der Waals surface area contributed by atoms with Gasteiger partial charge in [-0.3, -0.25) is 4.57 Å². The summed E-state index contributed by atoms with van der Waals surface area (Å²) in [6.07, 6.45) is 5.77. The van der Waals surface area contributed by atoms with Gasteiger partial charge in [0.05, 0.1) is 0 Å². The van der Waals surface area contributed by atoms with E-state index in [0.717, 1.165) is 22.6 Å². The number of nitrogen functional groups attached to an aromatic ring is 1. The van der Waals surface area contributed by atoms with Gasteiger partial charge in [-0.2, -0.15) is 0 Å². The van der Waals surface area contributed by atoms with E-state index in [1.807, 2.05) is 12.3 Å². The first-order chi connectivity index (χ1) is 8.18. The first-order valence-corrected chi connectivity index (χ1v) is 6.27. The van der Waals surface area contributed by atoms with Crippen LogP contribution in [0, 0.1) is 12.8 Å². The highest BCUT2D eigenvalue weighted by Gasteiger charge is 2.28. The first-order valence-electron chi connectivity index (χ1n) is 6.27. The van der Waals surface area contributed by atoms with Crippen molar-refractivity contribution in [3.8, 4) is 0 Å². The van der Waals surface area contributed by atoms with Gasteiger partial charge < -0.3 is 5.73 Å². The zero-order valence-corrected chi connectivity index (χ0v) is 10.3. The van der Waals surface area contributed by atoms with Gasteiger partial charge in [0.15, 0.2) is 5.65 Å². The van der Waals surface area contributed by atoms with Gasteiger partial charge in [0.25, 0.3) is 0 Å². The van der Waals surface area contributed by atoms with Crippen molar-refractivity contribution in [2.75, 3.05) is 5.73 Å². The van der Waals surface area contributed by atoms with Crippen LogP contribution < -0.4 is 5.73 Å². The average Bonchev–Trinajstić information content (AvgIpc) is 2.53. The topological polar surface area (TPSA) is 56.7 Å². The van der Waals surface area contributed by atoms with Crippen LogP contribution in [0.25, 0.3) is 11.2 Å². The molecule has 4 nitrogen and oxygen atoms in total. The molecule has 0 amide bonds. The van der Waals surface area contributed by atoms with Crippen molar-refractivity contribution in [1.82, 2.24) is 14.5 Å². The molecule has 1 unspecified atom stereocenters. The molecule has 2 aromatic rings. The number of rotatable bonds is 2. The lowest BCUT2D eigenvalue weighted by atomic mass is 9.80. The predicted molar refractivity (Wildman–Crippen MR) is 68.7 cm³/mol. The van der Waals surface area contributed by atoms with Crippen LogP contribution in [0.2, 0.25) is 0 Å². The molecule has 0 aromatic carbocycles. The zero-order chi connectivity index (χ0) is 12.0. The molecule has 2 N–H and O–H groups in total. The summed E-state index contributed by atoms with van der Waals surface area (Å²) in [7, 11) is 0. The maximum absolute atomic E-state index is 6.05. The quantitative estimate of drug-likeness (QED) is 0.863. The van der Waals surface area contributed by atoms with Crippen molar-refractivity contribution < 1.29 is 0 Å². The van der Waals surface area contributed by atoms with Gasteiger partial charge in [0.2, 0.25) is 5.95 Å². The maximum Gasteiger partial charge on any atom is 0.202 e. The van der Waals surface area contributed by atoms with Crippen molar-refractivity contribution in [1.29, 1.82) is 0 Å². The number of imidazole rings is 1. The lowest BCUT2D eigenvalue weighted by Crippen LogP contribution is -2.24. The van der Waals surface area contributed by atoms with E-state index in [1.165, 1.54) is 19.3 Å². The van der Waals surface area contributed by atoms with Crippen LogP contribution >= 0.6 is 0 Å². The van der Waals surface area contributed by atoms with Gasteiger partial charge in [-0.05, 0) is 44.2 Å². The number of hydrogen-bond donors (Lipinski definition) is 1. The Bertz CT molecular complexity index is 554.